The van der Waals surface area contributed by atoms with Gasteiger partial charge in [-0.25, -0.2) is 4.98 Å². The number of nitrogens with two attached hydrogens (primary N) is 1. The molecule has 0 aliphatic carbocycles. The Balaban J connectivity index is 1.96. The second kappa shape index (κ2) is 5.46. The van der Waals surface area contributed by atoms with Crippen molar-refractivity contribution in [2.45, 2.75) is 13.2 Å². The molecule has 2 aromatic heterocycles. The van der Waals surface area contributed by atoms with E-state index in [9.17, 15) is 0 Å². The number of rotatable bonds is 4. The Morgan fingerprint density at radius 1 is 1.24 bits per heavy atom. The zero-order valence-electron chi connectivity index (χ0n) is 11.1. The van der Waals surface area contributed by atoms with Crippen LogP contribution in [0.5, 0.6) is 5.88 Å². The SMILES string of the molecule is N#CCn1cnc2nc(N)nc(OCc3ccccc3)c21. The molecule has 0 aliphatic rings. The van der Waals surface area contributed by atoms with Gasteiger partial charge in [-0.3, -0.25) is 0 Å². The van der Waals surface area contributed by atoms with E-state index in [0.29, 0.717) is 23.7 Å². The molecular formula is C14H12N6O. The van der Waals surface area contributed by atoms with E-state index >= 15 is 0 Å². The fourth-order valence-corrected chi connectivity index (χ4v) is 1.99. The molecule has 0 spiro atoms. The predicted octanol–water partition coefficient (Wildman–Crippen LogP) is 1.51. The van der Waals surface area contributed by atoms with E-state index < -0.39 is 0 Å². The Bertz CT molecular complexity index is 805. The minimum Gasteiger partial charge on any atom is -0.471 e. The second-order valence-electron chi connectivity index (χ2n) is 4.36. The van der Waals surface area contributed by atoms with Crippen molar-refractivity contribution in [3.05, 3.63) is 42.2 Å². The lowest BCUT2D eigenvalue weighted by atomic mass is 10.2. The number of imidazole rings is 1. The molecule has 7 nitrogen and oxygen atoms in total. The van der Waals surface area contributed by atoms with Crippen LogP contribution in [-0.4, -0.2) is 19.5 Å². The summed E-state index contributed by atoms with van der Waals surface area (Å²) in [6.45, 7) is 0.496. The van der Waals surface area contributed by atoms with Gasteiger partial charge in [0, 0.05) is 0 Å². The molecule has 0 amide bonds. The van der Waals surface area contributed by atoms with Crippen LogP contribution in [0.3, 0.4) is 0 Å². The van der Waals surface area contributed by atoms with Crippen LogP contribution in [0, 0.1) is 11.3 Å². The molecular weight excluding hydrogens is 268 g/mol. The predicted molar refractivity (Wildman–Crippen MR) is 76.1 cm³/mol. The molecule has 3 rings (SSSR count). The molecule has 0 aliphatic heterocycles. The molecule has 0 unspecified atom stereocenters. The van der Waals surface area contributed by atoms with Gasteiger partial charge in [0.25, 0.3) is 0 Å². The molecule has 21 heavy (non-hydrogen) atoms. The van der Waals surface area contributed by atoms with Crippen molar-refractivity contribution in [2.75, 3.05) is 5.73 Å². The third kappa shape index (κ3) is 2.60. The number of aromatic nitrogens is 4. The van der Waals surface area contributed by atoms with Gasteiger partial charge >= 0.3 is 0 Å². The molecule has 0 bridgehead atoms. The normalized spacial score (nSPS) is 10.4. The first-order valence-electron chi connectivity index (χ1n) is 6.30. The summed E-state index contributed by atoms with van der Waals surface area (Å²) >= 11 is 0. The summed E-state index contributed by atoms with van der Waals surface area (Å²) in [6.07, 6.45) is 1.53. The molecule has 0 atom stereocenters. The van der Waals surface area contributed by atoms with Crippen molar-refractivity contribution in [3.8, 4) is 11.9 Å². The van der Waals surface area contributed by atoms with Gasteiger partial charge in [0.15, 0.2) is 11.2 Å². The van der Waals surface area contributed by atoms with Crippen LogP contribution < -0.4 is 10.5 Å². The second-order valence-corrected chi connectivity index (χ2v) is 4.36. The number of nitrogens with zero attached hydrogens (tertiary/aromatic N) is 5. The lowest BCUT2D eigenvalue weighted by molar-refractivity contribution is 0.297. The van der Waals surface area contributed by atoms with Gasteiger partial charge in [-0.15, -0.1) is 0 Å². The molecule has 0 radical (unpaired) electrons. The maximum Gasteiger partial charge on any atom is 0.245 e. The van der Waals surface area contributed by atoms with Crippen molar-refractivity contribution < 1.29 is 4.74 Å². The summed E-state index contributed by atoms with van der Waals surface area (Å²) in [5, 5.41) is 8.85. The molecule has 0 fully saturated rings. The first kappa shape index (κ1) is 12.9. The summed E-state index contributed by atoms with van der Waals surface area (Å²) in [6, 6.07) is 11.8. The van der Waals surface area contributed by atoms with E-state index in [1.165, 1.54) is 6.33 Å². The summed E-state index contributed by atoms with van der Waals surface area (Å²) in [5.41, 5.74) is 7.66. The highest BCUT2D eigenvalue weighted by Gasteiger charge is 2.14. The van der Waals surface area contributed by atoms with Crippen molar-refractivity contribution in [2.24, 2.45) is 0 Å². The van der Waals surface area contributed by atoms with Crippen LogP contribution in [-0.2, 0) is 13.2 Å². The average molecular weight is 280 g/mol. The average Bonchev–Trinajstić information content (AvgIpc) is 2.89. The van der Waals surface area contributed by atoms with E-state index in [2.05, 4.69) is 21.0 Å². The monoisotopic (exact) mass is 280 g/mol. The van der Waals surface area contributed by atoms with Crippen LogP contribution in [0.15, 0.2) is 36.7 Å². The van der Waals surface area contributed by atoms with Gasteiger partial charge in [-0.1, -0.05) is 30.3 Å². The minimum atomic E-state index is 0.0905. The molecule has 0 saturated carbocycles. The van der Waals surface area contributed by atoms with Crippen LogP contribution >= 0.6 is 0 Å². The number of nitrogen functional groups attached to an aromatic ring is 1. The Kier molecular flexibility index (Phi) is 3.35. The van der Waals surface area contributed by atoms with Crippen LogP contribution in [0.4, 0.5) is 5.95 Å². The molecule has 2 N–H and O–H groups in total. The van der Waals surface area contributed by atoms with Crippen LogP contribution in [0.25, 0.3) is 11.2 Å². The Morgan fingerprint density at radius 2 is 2.05 bits per heavy atom. The third-order valence-electron chi connectivity index (χ3n) is 2.92. The van der Waals surface area contributed by atoms with Gasteiger partial charge in [0.2, 0.25) is 11.8 Å². The van der Waals surface area contributed by atoms with Crippen molar-refractivity contribution in [1.82, 2.24) is 19.5 Å². The summed E-state index contributed by atoms with van der Waals surface area (Å²) in [5.74, 6) is 0.418. The maximum absolute atomic E-state index is 8.85. The zero-order chi connectivity index (χ0) is 14.7. The van der Waals surface area contributed by atoms with Gasteiger partial charge in [-0.05, 0) is 5.56 Å². The fourth-order valence-electron chi connectivity index (χ4n) is 1.99. The minimum absolute atomic E-state index is 0.0905. The summed E-state index contributed by atoms with van der Waals surface area (Å²) in [7, 11) is 0. The first-order chi connectivity index (χ1) is 10.3. The first-order valence-corrected chi connectivity index (χ1v) is 6.30. The number of hydrogen-bond acceptors (Lipinski definition) is 6. The molecule has 7 heteroatoms. The van der Waals surface area contributed by atoms with E-state index in [-0.39, 0.29) is 12.5 Å². The third-order valence-corrected chi connectivity index (χ3v) is 2.92. The number of nitriles is 1. The highest BCUT2D eigenvalue weighted by atomic mass is 16.5. The van der Waals surface area contributed by atoms with E-state index in [1.54, 1.807) is 4.57 Å². The fraction of sp³-hybridized carbons (Fsp3) is 0.143. The molecule has 0 saturated heterocycles. The molecule has 3 aromatic rings. The van der Waals surface area contributed by atoms with Crippen molar-refractivity contribution in [1.29, 1.82) is 5.26 Å². The smallest absolute Gasteiger partial charge is 0.245 e. The molecule has 1 aromatic carbocycles. The Labute approximate surface area is 120 Å². The topological polar surface area (TPSA) is 103 Å². The van der Waals surface area contributed by atoms with E-state index in [1.807, 2.05) is 30.3 Å². The van der Waals surface area contributed by atoms with Crippen molar-refractivity contribution in [3.63, 3.8) is 0 Å². The summed E-state index contributed by atoms with van der Waals surface area (Å²) < 4.78 is 7.36. The van der Waals surface area contributed by atoms with Crippen LogP contribution in [0.2, 0.25) is 0 Å². The standard InChI is InChI=1S/C14H12N6O/c15-6-7-20-9-17-12-11(20)13(19-14(16)18-12)21-8-10-4-2-1-3-5-10/h1-5,9H,7-8H2,(H2,16,18,19). The van der Waals surface area contributed by atoms with Gasteiger partial charge in [0.05, 0.1) is 12.4 Å². The number of benzene rings is 1. The van der Waals surface area contributed by atoms with Gasteiger partial charge < -0.3 is 15.0 Å². The highest BCUT2D eigenvalue weighted by Crippen LogP contribution is 2.23. The quantitative estimate of drug-likeness (QED) is 0.777. The number of hydrogen-bond donors (Lipinski definition) is 1. The largest absolute Gasteiger partial charge is 0.471 e. The highest BCUT2D eigenvalue weighted by molar-refractivity contribution is 5.77. The van der Waals surface area contributed by atoms with E-state index in [0.717, 1.165) is 5.56 Å². The Hall–Kier alpha value is -3.14. The van der Waals surface area contributed by atoms with E-state index in [4.69, 9.17) is 15.7 Å². The Morgan fingerprint density at radius 3 is 2.81 bits per heavy atom. The number of anilines is 1. The zero-order valence-corrected chi connectivity index (χ0v) is 11.1. The van der Waals surface area contributed by atoms with Crippen LogP contribution in [0.1, 0.15) is 5.56 Å². The van der Waals surface area contributed by atoms with Gasteiger partial charge in [-0.2, -0.15) is 15.2 Å². The summed E-state index contributed by atoms with van der Waals surface area (Å²) in [4.78, 5) is 12.3. The van der Waals surface area contributed by atoms with Gasteiger partial charge in [0.1, 0.15) is 13.2 Å². The maximum atomic E-state index is 8.85. The van der Waals surface area contributed by atoms with Crippen molar-refractivity contribution >= 4 is 17.1 Å². The number of ether oxygens (including phenoxy) is 1. The molecule has 2 heterocycles. The lowest BCUT2D eigenvalue weighted by Crippen LogP contribution is -2.04. The molecule has 104 valence electrons. The lowest BCUT2D eigenvalue weighted by Gasteiger charge is -2.08. The number of fused-ring (bicyclic) bond motifs is 1.